The zero-order valence-electron chi connectivity index (χ0n) is 16.0. The molecule has 0 aromatic heterocycles. The minimum absolute atomic E-state index is 0.0157. The van der Waals surface area contributed by atoms with Crippen molar-refractivity contribution in [1.29, 1.82) is 0 Å². The number of hydrogen-bond donors (Lipinski definition) is 4. The average Bonchev–Trinajstić information content (AvgIpc) is 3.17. The lowest BCUT2D eigenvalue weighted by molar-refractivity contribution is -1.02. The summed E-state index contributed by atoms with van der Waals surface area (Å²) < 4.78 is 13.3. The van der Waals surface area contributed by atoms with E-state index < -0.39 is 11.8 Å². The van der Waals surface area contributed by atoms with Crippen LogP contribution in [0.4, 0.5) is 4.39 Å². The molecule has 1 aliphatic carbocycles. The first kappa shape index (κ1) is 19.8. The van der Waals surface area contributed by atoms with Gasteiger partial charge in [-0.15, -0.1) is 0 Å². The van der Waals surface area contributed by atoms with Gasteiger partial charge in [0.2, 0.25) is 0 Å². The third kappa shape index (κ3) is 5.49. The van der Waals surface area contributed by atoms with Gasteiger partial charge in [-0.2, -0.15) is 0 Å². The van der Waals surface area contributed by atoms with Gasteiger partial charge in [0.1, 0.15) is 38.0 Å². The third-order valence-corrected chi connectivity index (χ3v) is 5.87. The second-order valence-electron chi connectivity index (χ2n) is 7.88. The lowest BCUT2D eigenvalue weighted by atomic mass is 10.0. The first-order chi connectivity index (χ1) is 13.0. The maximum atomic E-state index is 13.3. The summed E-state index contributed by atoms with van der Waals surface area (Å²) in [5.74, 6) is -1.39. The Morgan fingerprint density at radius 1 is 1.07 bits per heavy atom. The van der Waals surface area contributed by atoms with E-state index in [1.165, 1.54) is 21.9 Å². The number of rotatable bonds is 5. The van der Waals surface area contributed by atoms with Crippen LogP contribution in [0.1, 0.15) is 37.3 Å². The number of quaternary nitrogens is 2. The fraction of sp³-hybridized carbons (Fsp3) is 0.600. The molecule has 1 aromatic rings. The predicted molar refractivity (Wildman–Crippen MR) is 99.9 cm³/mol. The van der Waals surface area contributed by atoms with Crippen molar-refractivity contribution in [2.24, 2.45) is 0 Å². The molecule has 6 nitrogen and oxygen atoms in total. The zero-order chi connectivity index (χ0) is 19.2. The van der Waals surface area contributed by atoms with Crippen LogP contribution < -0.4 is 20.4 Å². The number of benzene rings is 1. The van der Waals surface area contributed by atoms with Crippen LogP contribution in [-0.4, -0.2) is 57.6 Å². The molecule has 1 aromatic carbocycles. The Bertz CT molecular complexity index is 638. The fourth-order valence-corrected chi connectivity index (χ4v) is 4.14. The highest BCUT2D eigenvalue weighted by Crippen LogP contribution is 2.17. The largest absolute Gasteiger partial charge is 0.345 e. The van der Waals surface area contributed by atoms with Gasteiger partial charge in [-0.05, 0) is 25.0 Å². The van der Waals surface area contributed by atoms with Crippen LogP contribution in [0.2, 0.25) is 0 Å². The van der Waals surface area contributed by atoms with Gasteiger partial charge in [0.15, 0.2) is 0 Å². The van der Waals surface area contributed by atoms with Gasteiger partial charge in [-0.1, -0.05) is 25.0 Å². The Morgan fingerprint density at radius 3 is 2.33 bits per heavy atom. The topological polar surface area (TPSA) is 67.1 Å². The first-order valence-corrected chi connectivity index (χ1v) is 10.0. The normalized spacial score (nSPS) is 24.4. The van der Waals surface area contributed by atoms with E-state index in [1.807, 2.05) is 0 Å². The minimum Gasteiger partial charge on any atom is -0.345 e. The van der Waals surface area contributed by atoms with Crippen LogP contribution >= 0.6 is 0 Å². The Morgan fingerprint density at radius 2 is 1.70 bits per heavy atom. The van der Waals surface area contributed by atoms with E-state index in [4.69, 9.17) is 0 Å². The molecule has 1 aliphatic heterocycles. The van der Waals surface area contributed by atoms with Gasteiger partial charge < -0.3 is 20.4 Å². The SMILES string of the molecule is C[NH+]1CC[NH+]([C@H](CNC(=O)C(=O)NC2CCCC2)c2ccc(F)cc2)CC1. The second-order valence-corrected chi connectivity index (χ2v) is 7.88. The molecule has 0 unspecified atom stereocenters. The quantitative estimate of drug-likeness (QED) is 0.469. The number of amides is 2. The number of halogens is 1. The van der Waals surface area contributed by atoms with Gasteiger partial charge in [0, 0.05) is 11.6 Å². The van der Waals surface area contributed by atoms with E-state index in [0.717, 1.165) is 57.4 Å². The number of nitrogens with one attached hydrogen (secondary N) is 4. The van der Waals surface area contributed by atoms with Crippen molar-refractivity contribution in [3.8, 4) is 0 Å². The molecule has 0 spiro atoms. The summed E-state index contributed by atoms with van der Waals surface area (Å²) in [6, 6.07) is 6.62. The standard InChI is InChI=1S/C20H29FN4O2/c1-24-10-12-25(13-11-24)18(15-6-8-16(21)9-7-15)14-22-19(26)20(27)23-17-4-2-3-5-17/h6-9,17-18H,2-5,10-14H2,1H3,(H,22,26)(H,23,27)/p+2/t18-/m1/s1. The minimum atomic E-state index is -0.576. The Balaban J connectivity index is 1.61. The molecule has 27 heavy (non-hydrogen) atoms. The van der Waals surface area contributed by atoms with Gasteiger partial charge in [-0.3, -0.25) is 9.59 Å². The van der Waals surface area contributed by atoms with Crippen molar-refractivity contribution in [2.75, 3.05) is 39.8 Å². The lowest BCUT2D eigenvalue weighted by Crippen LogP contribution is -3.27. The number of piperazine rings is 1. The molecule has 3 rings (SSSR count). The summed E-state index contributed by atoms with van der Waals surface area (Å²) in [7, 11) is 2.18. The molecular weight excluding hydrogens is 347 g/mol. The highest BCUT2D eigenvalue weighted by Gasteiger charge is 2.30. The first-order valence-electron chi connectivity index (χ1n) is 10.0. The van der Waals surface area contributed by atoms with Crippen LogP contribution in [0, 0.1) is 5.82 Å². The summed E-state index contributed by atoms with van der Waals surface area (Å²) in [5.41, 5.74) is 0.988. The summed E-state index contributed by atoms with van der Waals surface area (Å²) in [6.45, 7) is 4.46. The van der Waals surface area contributed by atoms with Crippen molar-refractivity contribution in [3.05, 3.63) is 35.6 Å². The number of carbonyl (C=O) groups excluding carboxylic acids is 2. The second kappa shape index (κ2) is 9.28. The average molecular weight is 378 g/mol. The van der Waals surface area contributed by atoms with E-state index in [2.05, 4.69) is 17.7 Å². The molecule has 2 aliphatic rings. The number of likely N-dealkylation sites (N-methyl/N-ethyl adjacent to an activating group) is 1. The predicted octanol–water partition coefficient (Wildman–Crippen LogP) is -1.54. The summed E-state index contributed by atoms with van der Waals surface area (Å²) >= 11 is 0. The molecule has 1 heterocycles. The monoisotopic (exact) mass is 378 g/mol. The van der Waals surface area contributed by atoms with Crippen LogP contribution in [0.15, 0.2) is 24.3 Å². The van der Waals surface area contributed by atoms with Crippen LogP contribution in [0.3, 0.4) is 0 Å². The van der Waals surface area contributed by atoms with Gasteiger partial charge >= 0.3 is 11.8 Å². The third-order valence-electron chi connectivity index (χ3n) is 5.87. The van der Waals surface area contributed by atoms with E-state index in [1.54, 1.807) is 12.1 Å². The molecule has 4 N–H and O–H groups in total. The van der Waals surface area contributed by atoms with Crippen molar-refractivity contribution in [2.45, 2.75) is 37.8 Å². The highest BCUT2D eigenvalue weighted by molar-refractivity contribution is 6.35. The summed E-state index contributed by atoms with van der Waals surface area (Å²) in [4.78, 5) is 27.2. The Hall–Kier alpha value is -1.99. The molecule has 1 atom stereocenters. The van der Waals surface area contributed by atoms with Gasteiger partial charge in [0.05, 0.1) is 13.6 Å². The highest BCUT2D eigenvalue weighted by atomic mass is 19.1. The van der Waals surface area contributed by atoms with Crippen molar-refractivity contribution >= 4 is 11.8 Å². The maximum absolute atomic E-state index is 13.3. The van der Waals surface area contributed by atoms with Crippen LogP contribution in [0.5, 0.6) is 0 Å². The number of hydrogen-bond acceptors (Lipinski definition) is 2. The van der Waals surface area contributed by atoms with E-state index >= 15 is 0 Å². The Kier molecular flexibility index (Phi) is 6.79. The van der Waals surface area contributed by atoms with Crippen molar-refractivity contribution < 1.29 is 23.8 Å². The van der Waals surface area contributed by atoms with Crippen molar-refractivity contribution in [1.82, 2.24) is 10.6 Å². The van der Waals surface area contributed by atoms with Gasteiger partial charge in [-0.25, -0.2) is 4.39 Å². The molecule has 148 valence electrons. The lowest BCUT2D eigenvalue weighted by Gasteiger charge is -2.33. The van der Waals surface area contributed by atoms with E-state index in [-0.39, 0.29) is 17.9 Å². The van der Waals surface area contributed by atoms with Crippen molar-refractivity contribution in [3.63, 3.8) is 0 Å². The zero-order valence-corrected chi connectivity index (χ0v) is 16.0. The Labute approximate surface area is 160 Å². The number of carbonyl (C=O) groups is 2. The molecule has 1 saturated carbocycles. The molecule has 7 heteroatoms. The molecule has 2 fully saturated rings. The van der Waals surface area contributed by atoms with E-state index in [9.17, 15) is 14.0 Å². The summed E-state index contributed by atoms with van der Waals surface area (Å²) in [5, 5.41) is 5.63. The van der Waals surface area contributed by atoms with Crippen LogP contribution in [0.25, 0.3) is 0 Å². The molecule has 1 saturated heterocycles. The maximum Gasteiger partial charge on any atom is 0.309 e. The molecular formula is C20H31FN4O2+2. The fourth-order valence-electron chi connectivity index (χ4n) is 4.14. The molecule has 0 radical (unpaired) electrons. The van der Waals surface area contributed by atoms with Crippen LogP contribution in [-0.2, 0) is 9.59 Å². The molecule has 2 amide bonds. The molecule has 0 bridgehead atoms. The van der Waals surface area contributed by atoms with E-state index in [0.29, 0.717) is 6.54 Å². The summed E-state index contributed by atoms with van der Waals surface area (Å²) in [6.07, 6.45) is 4.11. The smallest absolute Gasteiger partial charge is 0.309 e. The van der Waals surface area contributed by atoms with Gasteiger partial charge in [0.25, 0.3) is 0 Å².